The number of allylic oxidation sites excluding steroid dienone is 5. The molecule has 0 bridgehead atoms. The maximum Gasteiger partial charge on any atom is 0.205 e. The first kappa shape index (κ1) is 13.0. The van der Waals surface area contributed by atoms with Crippen LogP contribution in [0.15, 0.2) is 36.5 Å². The van der Waals surface area contributed by atoms with E-state index >= 15 is 0 Å². The quantitative estimate of drug-likeness (QED) is 0.789. The summed E-state index contributed by atoms with van der Waals surface area (Å²) in [6.45, 7) is 6.94. The van der Waals surface area contributed by atoms with Gasteiger partial charge in [-0.1, -0.05) is 55.6 Å². The smallest absolute Gasteiger partial charge is 0.205 e. The van der Waals surface area contributed by atoms with Crippen LogP contribution in [-0.2, 0) is 0 Å². The molecule has 3 nitrogen and oxygen atoms in total. The van der Waals surface area contributed by atoms with Gasteiger partial charge in [-0.05, 0) is 18.4 Å². The van der Waals surface area contributed by atoms with Crippen LogP contribution in [0, 0.1) is 0 Å². The van der Waals surface area contributed by atoms with E-state index in [2.05, 4.69) is 47.2 Å². The Morgan fingerprint density at radius 2 is 2.44 bits per heavy atom. The van der Waals surface area contributed by atoms with Crippen LogP contribution in [-0.4, -0.2) is 16.7 Å². The van der Waals surface area contributed by atoms with Crippen LogP contribution in [0.5, 0.6) is 0 Å². The summed E-state index contributed by atoms with van der Waals surface area (Å²) in [5.74, 6) is 0.368. The Morgan fingerprint density at radius 3 is 3.11 bits per heavy atom. The summed E-state index contributed by atoms with van der Waals surface area (Å²) in [5, 5.41) is 13.8. The van der Waals surface area contributed by atoms with Crippen molar-refractivity contribution in [3.63, 3.8) is 0 Å². The Labute approximate surface area is 112 Å². The third-order valence-corrected chi connectivity index (χ3v) is 3.94. The molecule has 1 aromatic heterocycles. The second-order valence-corrected chi connectivity index (χ2v) is 5.34. The lowest BCUT2D eigenvalue weighted by Crippen LogP contribution is -1.99. The monoisotopic (exact) mass is 261 g/mol. The van der Waals surface area contributed by atoms with Gasteiger partial charge in [-0.25, -0.2) is 0 Å². The van der Waals surface area contributed by atoms with Crippen molar-refractivity contribution in [1.82, 2.24) is 10.2 Å². The minimum atomic E-state index is 0.368. The van der Waals surface area contributed by atoms with Gasteiger partial charge in [0.25, 0.3) is 0 Å². The highest BCUT2D eigenvalue weighted by Crippen LogP contribution is 2.30. The number of hydrogen-bond donors (Lipinski definition) is 1. The molecule has 1 aromatic rings. The topological polar surface area (TPSA) is 37.8 Å². The zero-order valence-corrected chi connectivity index (χ0v) is 11.5. The van der Waals surface area contributed by atoms with Crippen LogP contribution in [0.2, 0.25) is 0 Å². The number of nitrogens with one attached hydrogen (secondary N) is 1. The van der Waals surface area contributed by atoms with Crippen LogP contribution >= 0.6 is 11.3 Å². The molecule has 0 aliphatic heterocycles. The molecule has 0 radical (unpaired) electrons. The Kier molecular flexibility index (Phi) is 4.70. The molecule has 0 fully saturated rings. The largest absolute Gasteiger partial charge is 0.360 e. The molecular formula is C14H19N3S. The predicted molar refractivity (Wildman–Crippen MR) is 78.1 cm³/mol. The first-order chi connectivity index (χ1) is 8.83. The molecule has 1 aliphatic carbocycles. The molecule has 0 saturated heterocycles. The first-order valence-electron chi connectivity index (χ1n) is 6.41. The van der Waals surface area contributed by atoms with E-state index in [1.807, 2.05) is 6.08 Å². The summed E-state index contributed by atoms with van der Waals surface area (Å²) in [6.07, 6.45) is 11.7. The van der Waals surface area contributed by atoms with Gasteiger partial charge in [0.1, 0.15) is 5.01 Å². The lowest BCUT2D eigenvalue weighted by Gasteiger charge is -2.10. The van der Waals surface area contributed by atoms with E-state index < -0.39 is 0 Å². The average molecular weight is 261 g/mol. The van der Waals surface area contributed by atoms with Gasteiger partial charge in [-0.15, -0.1) is 10.2 Å². The van der Waals surface area contributed by atoms with Gasteiger partial charge in [0.15, 0.2) is 0 Å². The standard InChI is InChI=1S/C14H19N3S/c1-3-5-10-15-14-17-16-13(18-14)12-8-6-11(4-2)7-9-12/h4,6-8,12H,2-3,5,9-10H2,1H3,(H,15,17). The summed E-state index contributed by atoms with van der Waals surface area (Å²) in [6, 6.07) is 0. The molecule has 1 N–H and O–H groups in total. The highest BCUT2D eigenvalue weighted by molar-refractivity contribution is 7.15. The van der Waals surface area contributed by atoms with Crippen molar-refractivity contribution < 1.29 is 0 Å². The molecule has 0 spiro atoms. The Bertz CT molecular complexity index is 459. The highest BCUT2D eigenvalue weighted by atomic mass is 32.1. The minimum Gasteiger partial charge on any atom is -0.360 e. The van der Waals surface area contributed by atoms with Crippen LogP contribution < -0.4 is 5.32 Å². The zero-order chi connectivity index (χ0) is 12.8. The summed E-state index contributed by atoms with van der Waals surface area (Å²) in [5.41, 5.74) is 1.19. The maximum absolute atomic E-state index is 4.27. The van der Waals surface area contributed by atoms with Crippen LogP contribution in [0.25, 0.3) is 0 Å². The molecule has 0 aromatic carbocycles. The van der Waals surface area contributed by atoms with Gasteiger partial charge < -0.3 is 5.32 Å². The van der Waals surface area contributed by atoms with E-state index in [0.29, 0.717) is 5.92 Å². The number of unbranched alkanes of at least 4 members (excludes halogenated alkanes) is 1. The molecule has 0 saturated carbocycles. The highest BCUT2D eigenvalue weighted by Gasteiger charge is 2.15. The fourth-order valence-corrected chi connectivity index (χ4v) is 2.66. The average Bonchev–Trinajstić information content (AvgIpc) is 2.88. The fraction of sp³-hybridized carbons (Fsp3) is 0.429. The molecule has 1 unspecified atom stereocenters. The summed E-state index contributed by atoms with van der Waals surface area (Å²) in [4.78, 5) is 0. The van der Waals surface area contributed by atoms with Crippen molar-refractivity contribution >= 4 is 16.5 Å². The van der Waals surface area contributed by atoms with E-state index in [0.717, 1.165) is 23.1 Å². The van der Waals surface area contributed by atoms with E-state index in [-0.39, 0.29) is 0 Å². The van der Waals surface area contributed by atoms with Gasteiger partial charge in [-0.3, -0.25) is 0 Å². The molecular weight excluding hydrogens is 242 g/mol. The third kappa shape index (κ3) is 3.29. The van der Waals surface area contributed by atoms with E-state index in [1.54, 1.807) is 11.3 Å². The lowest BCUT2D eigenvalue weighted by atomic mass is 9.97. The van der Waals surface area contributed by atoms with E-state index in [4.69, 9.17) is 0 Å². The van der Waals surface area contributed by atoms with E-state index in [9.17, 15) is 0 Å². The summed E-state index contributed by atoms with van der Waals surface area (Å²) >= 11 is 1.66. The molecule has 0 amide bonds. The van der Waals surface area contributed by atoms with Gasteiger partial charge in [0.2, 0.25) is 5.13 Å². The van der Waals surface area contributed by atoms with Crippen LogP contribution in [0.4, 0.5) is 5.13 Å². The normalized spacial score (nSPS) is 18.5. The number of rotatable bonds is 6. The molecule has 2 rings (SSSR count). The van der Waals surface area contributed by atoms with Crippen molar-refractivity contribution in [1.29, 1.82) is 0 Å². The number of nitrogens with zero attached hydrogens (tertiary/aromatic N) is 2. The molecule has 1 aliphatic rings. The third-order valence-electron chi connectivity index (χ3n) is 2.93. The molecule has 1 heterocycles. The van der Waals surface area contributed by atoms with E-state index in [1.165, 1.54) is 18.4 Å². The van der Waals surface area contributed by atoms with Gasteiger partial charge in [0, 0.05) is 12.5 Å². The Morgan fingerprint density at radius 1 is 1.56 bits per heavy atom. The van der Waals surface area contributed by atoms with Crippen molar-refractivity contribution in [3.8, 4) is 0 Å². The van der Waals surface area contributed by atoms with Crippen molar-refractivity contribution in [3.05, 3.63) is 41.5 Å². The second kappa shape index (κ2) is 6.50. The van der Waals surface area contributed by atoms with Gasteiger partial charge in [-0.2, -0.15) is 0 Å². The maximum atomic E-state index is 4.27. The van der Waals surface area contributed by atoms with Crippen molar-refractivity contribution in [2.45, 2.75) is 32.1 Å². The van der Waals surface area contributed by atoms with Gasteiger partial charge >= 0.3 is 0 Å². The second-order valence-electron chi connectivity index (χ2n) is 4.34. The van der Waals surface area contributed by atoms with Gasteiger partial charge in [0.05, 0.1) is 0 Å². The summed E-state index contributed by atoms with van der Waals surface area (Å²) < 4.78 is 0. The first-order valence-corrected chi connectivity index (χ1v) is 7.23. The molecule has 4 heteroatoms. The number of aromatic nitrogens is 2. The van der Waals surface area contributed by atoms with Crippen molar-refractivity contribution in [2.75, 3.05) is 11.9 Å². The molecule has 96 valence electrons. The molecule has 1 atom stereocenters. The number of anilines is 1. The predicted octanol–water partition coefficient (Wildman–Crippen LogP) is 3.91. The minimum absolute atomic E-state index is 0.368. The SMILES string of the molecule is C=CC1=CCC(c2nnc(NCCCC)s2)C=C1. The van der Waals surface area contributed by atoms with Crippen molar-refractivity contribution in [2.24, 2.45) is 0 Å². The Balaban J connectivity index is 1.93. The molecule has 18 heavy (non-hydrogen) atoms. The number of hydrogen-bond acceptors (Lipinski definition) is 4. The fourth-order valence-electron chi connectivity index (χ4n) is 1.80. The Hall–Kier alpha value is -1.42. The zero-order valence-electron chi connectivity index (χ0n) is 10.7. The summed E-state index contributed by atoms with van der Waals surface area (Å²) in [7, 11) is 0. The lowest BCUT2D eigenvalue weighted by molar-refractivity contribution is 0.810. The van der Waals surface area contributed by atoms with Crippen LogP contribution in [0.1, 0.15) is 37.1 Å². The van der Waals surface area contributed by atoms with Crippen LogP contribution in [0.3, 0.4) is 0 Å².